The lowest BCUT2D eigenvalue weighted by atomic mass is 10.0. The van der Waals surface area contributed by atoms with Crippen molar-refractivity contribution in [2.75, 3.05) is 0 Å². The first-order valence-electron chi connectivity index (χ1n) is 5.63. The van der Waals surface area contributed by atoms with Crippen molar-refractivity contribution in [3.8, 4) is 0 Å². The normalized spacial score (nSPS) is 10.1. The van der Waals surface area contributed by atoms with Gasteiger partial charge in [-0.2, -0.15) is 0 Å². The van der Waals surface area contributed by atoms with Crippen molar-refractivity contribution in [1.29, 1.82) is 0 Å². The summed E-state index contributed by atoms with van der Waals surface area (Å²) in [6.07, 6.45) is 6.46. The molecule has 0 aromatic heterocycles. The number of carbonyl (C=O) groups is 1. The molecular formula is C14H17FO. The molecule has 0 bridgehead atoms. The van der Waals surface area contributed by atoms with Crippen molar-refractivity contribution >= 4 is 5.78 Å². The number of rotatable bonds is 7. The molecule has 0 radical (unpaired) electrons. The van der Waals surface area contributed by atoms with Gasteiger partial charge in [-0.05, 0) is 43.5 Å². The summed E-state index contributed by atoms with van der Waals surface area (Å²) in [5, 5.41) is 0. The van der Waals surface area contributed by atoms with E-state index in [2.05, 4.69) is 6.58 Å². The van der Waals surface area contributed by atoms with Gasteiger partial charge in [0.1, 0.15) is 5.82 Å². The second-order valence-corrected chi connectivity index (χ2v) is 3.82. The van der Waals surface area contributed by atoms with Gasteiger partial charge >= 0.3 is 0 Å². The lowest BCUT2D eigenvalue weighted by Gasteiger charge is -2.00. The highest BCUT2D eigenvalue weighted by molar-refractivity contribution is 5.95. The SMILES string of the molecule is C=CCCCCCC(=O)c1ccc(F)cc1. The van der Waals surface area contributed by atoms with Gasteiger partial charge in [-0.25, -0.2) is 4.39 Å². The first kappa shape index (κ1) is 12.6. The van der Waals surface area contributed by atoms with Gasteiger partial charge in [0.15, 0.2) is 5.78 Å². The molecule has 1 rings (SSSR count). The molecule has 86 valence electrons. The van der Waals surface area contributed by atoms with Crippen LogP contribution in [0.5, 0.6) is 0 Å². The minimum atomic E-state index is -0.303. The number of ketones is 1. The van der Waals surface area contributed by atoms with Crippen LogP contribution >= 0.6 is 0 Å². The van der Waals surface area contributed by atoms with Gasteiger partial charge in [0, 0.05) is 12.0 Å². The average Bonchev–Trinajstić information content (AvgIpc) is 2.29. The van der Waals surface area contributed by atoms with Crippen LogP contribution in [0.2, 0.25) is 0 Å². The molecular weight excluding hydrogens is 203 g/mol. The smallest absolute Gasteiger partial charge is 0.162 e. The van der Waals surface area contributed by atoms with Crippen LogP contribution < -0.4 is 0 Å². The van der Waals surface area contributed by atoms with Gasteiger partial charge in [0.2, 0.25) is 0 Å². The minimum absolute atomic E-state index is 0.0959. The van der Waals surface area contributed by atoms with Crippen molar-refractivity contribution in [3.63, 3.8) is 0 Å². The Morgan fingerprint density at radius 3 is 2.50 bits per heavy atom. The van der Waals surface area contributed by atoms with Crippen molar-refractivity contribution in [3.05, 3.63) is 48.3 Å². The van der Waals surface area contributed by atoms with Gasteiger partial charge in [-0.3, -0.25) is 4.79 Å². The first-order valence-corrected chi connectivity index (χ1v) is 5.63. The molecule has 1 aromatic carbocycles. The van der Waals surface area contributed by atoms with E-state index in [0.717, 1.165) is 25.7 Å². The van der Waals surface area contributed by atoms with E-state index in [9.17, 15) is 9.18 Å². The Labute approximate surface area is 96.0 Å². The molecule has 0 saturated carbocycles. The molecule has 1 aromatic rings. The zero-order chi connectivity index (χ0) is 11.8. The summed E-state index contributed by atoms with van der Waals surface area (Å²) < 4.78 is 12.6. The molecule has 0 N–H and O–H groups in total. The van der Waals surface area contributed by atoms with Crippen molar-refractivity contribution in [2.45, 2.75) is 32.1 Å². The predicted octanol–water partition coefficient (Wildman–Crippen LogP) is 4.14. The fourth-order valence-corrected chi connectivity index (χ4v) is 1.53. The summed E-state index contributed by atoms with van der Waals surface area (Å²) in [5.41, 5.74) is 0.602. The second-order valence-electron chi connectivity index (χ2n) is 3.82. The monoisotopic (exact) mass is 220 g/mol. The molecule has 0 amide bonds. The maximum atomic E-state index is 12.6. The fraction of sp³-hybridized carbons (Fsp3) is 0.357. The fourth-order valence-electron chi connectivity index (χ4n) is 1.53. The molecule has 0 unspecified atom stereocenters. The quantitative estimate of drug-likeness (QED) is 0.383. The Morgan fingerprint density at radius 1 is 1.19 bits per heavy atom. The third-order valence-corrected chi connectivity index (χ3v) is 2.48. The summed E-state index contributed by atoms with van der Waals surface area (Å²) in [7, 11) is 0. The predicted molar refractivity (Wildman–Crippen MR) is 64.0 cm³/mol. The van der Waals surface area contributed by atoms with Crippen LogP contribution in [0.15, 0.2) is 36.9 Å². The maximum absolute atomic E-state index is 12.6. The van der Waals surface area contributed by atoms with Crippen molar-refractivity contribution < 1.29 is 9.18 Å². The summed E-state index contributed by atoms with van der Waals surface area (Å²) in [4.78, 5) is 11.6. The van der Waals surface area contributed by atoms with Gasteiger partial charge in [0.25, 0.3) is 0 Å². The average molecular weight is 220 g/mol. The lowest BCUT2D eigenvalue weighted by molar-refractivity contribution is 0.0979. The minimum Gasteiger partial charge on any atom is -0.294 e. The molecule has 0 atom stereocenters. The van der Waals surface area contributed by atoms with E-state index in [-0.39, 0.29) is 11.6 Å². The third kappa shape index (κ3) is 4.39. The Bertz CT molecular complexity index is 340. The number of hydrogen-bond acceptors (Lipinski definition) is 1. The summed E-state index contributed by atoms with van der Waals surface area (Å²) in [5.74, 6) is -0.207. The van der Waals surface area contributed by atoms with Gasteiger partial charge in [-0.1, -0.05) is 12.5 Å². The largest absolute Gasteiger partial charge is 0.294 e. The standard InChI is InChI=1S/C14H17FO/c1-2-3-4-5-6-7-14(16)12-8-10-13(15)11-9-12/h2,8-11H,1,3-7H2. The zero-order valence-electron chi connectivity index (χ0n) is 9.42. The lowest BCUT2D eigenvalue weighted by Crippen LogP contribution is -1.98. The van der Waals surface area contributed by atoms with Crippen LogP contribution in [0.25, 0.3) is 0 Å². The molecule has 0 saturated heterocycles. The van der Waals surface area contributed by atoms with Crippen LogP contribution in [0.1, 0.15) is 42.5 Å². The van der Waals surface area contributed by atoms with E-state index in [4.69, 9.17) is 0 Å². The molecule has 2 heteroatoms. The number of benzene rings is 1. The summed E-state index contributed by atoms with van der Waals surface area (Å²) >= 11 is 0. The van der Waals surface area contributed by atoms with E-state index >= 15 is 0 Å². The van der Waals surface area contributed by atoms with Gasteiger partial charge < -0.3 is 0 Å². The highest BCUT2D eigenvalue weighted by Gasteiger charge is 2.04. The number of allylic oxidation sites excluding steroid dienone is 1. The Kier molecular flexibility index (Phi) is 5.48. The highest BCUT2D eigenvalue weighted by Crippen LogP contribution is 2.10. The van der Waals surface area contributed by atoms with Crippen LogP contribution in [-0.4, -0.2) is 5.78 Å². The molecule has 0 aliphatic rings. The van der Waals surface area contributed by atoms with E-state index in [0.29, 0.717) is 12.0 Å². The van der Waals surface area contributed by atoms with E-state index in [1.807, 2.05) is 6.08 Å². The number of unbranched alkanes of at least 4 members (excludes halogenated alkanes) is 3. The summed E-state index contributed by atoms with van der Waals surface area (Å²) in [6.45, 7) is 3.65. The number of halogens is 1. The van der Waals surface area contributed by atoms with Gasteiger partial charge in [0.05, 0.1) is 0 Å². The van der Waals surface area contributed by atoms with E-state index in [1.54, 1.807) is 12.1 Å². The Balaban J connectivity index is 2.29. The zero-order valence-corrected chi connectivity index (χ0v) is 9.42. The molecule has 16 heavy (non-hydrogen) atoms. The van der Waals surface area contributed by atoms with Crippen LogP contribution in [0.4, 0.5) is 4.39 Å². The van der Waals surface area contributed by atoms with Gasteiger partial charge in [-0.15, -0.1) is 6.58 Å². The van der Waals surface area contributed by atoms with Crippen LogP contribution in [0.3, 0.4) is 0 Å². The van der Waals surface area contributed by atoms with Crippen molar-refractivity contribution in [2.24, 2.45) is 0 Å². The Hall–Kier alpha value is -1.44. The topological polar surface area (TPSA) is 17.1 Å². The van der Waals surface area contributed by atoms with E-state index in [1.165, 1.54) is 12.1 Å². The first-order chi connectivity index (χ1) is 7.74. The highest BCUT2D eigenvalue weighted by atomic mass is 19.1. The molecule has 0 fully saturated rings. The number of Topliss-reactive ketones (excluding diaryl/α,β-unsaturated/α-hetero) is 1. The second kappa shape index (κ2) is 6.94. The molecule has 0 aliphatic carbocycles. The van der Waals surface area contributed by atoms with Crippen LogP contribution in [-0.2, 0) is 0 Å². The Morgan fingerprint density at radius 2 is 1.88 bits per heavy atom. The summed E-state index contributed by atoms with van der Waals surface area (Å²) in [6, 6.07) is 5.73. The third-order valence-electron chi connectivity index (χ3n) is 2.48. The van der Waals surface area contributed by atoms with Crippen molar-refractivity contribution in [1.82, 2.24) is 0 Å². The number of carbonyl (C=O) groups excluding carboxylic acids is 1. The number of hydrogen-bond donors (Lipinski definition) is 0. The molecule has 0 aliphatic heterocycles. The van der Waals surface area contributed by atoms with Crippen LogP contribution in [0, 0.1) is 5.82 Å². The van der Waals surface area contributed by atoms with E-state index < -0.39 is 0 Å². The molecule has 0 heterocycles. The molecule has 1 nitrogen and oxygen atoms in total. The maximum Gasteiger partial charge on any atom is 0.162 e. The molecule has 0 spiro atoms.